The summed E-state index contributed by atoms with van der Waals surface area (Å²) in [6.45, 7) is 3.83. The predicted octanol–water partition coefficient (Wildman–Crippen LogP) is 2.95. The van der Waals surface area contributed by atoms with Gasteiger partial charge in [-0.15, -0.1) is 0 Å². The summed E-state index contributed by atoms with van der Waals surface area (Å²) in [6.07, 6.45) is 7.08. The van der Waals surface area contributed by atoms with Crippen LogP contribution < -0.4 is 0 Å². The molecule has 0 aliphatic rings. The Morgan fingerprint density at radius 3 is 2.32 bits per heavy atom. The first-order valence-electron chi connectivity index (χ1n) is 6.99. The molecule has 0 amide bonds. The number of hydrogen-bond donors (Lipinski definition) is 1. The van der Waals surface area contributed by atoms with Crippen molar-refractivity contribution in [2.24, 2.45) is 0 Å². The molecule has 0 radical (unpaired) electrons. The molecule has 0 aromatic carbocycles. The van der Waals surface area contributed by atoms with E-state index in [0.717, 1.165) is 19.3 Å². The summed E-state index contributed by atoms with van der Waals surface area (Å²) in [4.78, 5) is 14.2. The van der Waals surface area contributed by atoms with Gasteiger partial charge in [0.1, 0.15) is 0 Å². The molecule has 0 saturated carbocycles. The number of unbranched alkanes of at least 4 members (excludes halogenated alkanes) is 5. The molecular formula is C13H26O5S. The van der Waals surface area contributed by atoms with Gasteiger partial charge in [0.2, 0.25) is 0 Å². The summed E-state index contributed by atoms with van der Waals surface area (Å²) < 4.78 is 23.7. The molecule has 0 aliphatic carbocycles. The Morgan fingerprint density at radius 2 is 1.74 bits per heavy atom. The number of carbonyl (C=O) groups is 1. The zero-order valence-electron chi connectivity index (χ0n) is 11.9. The lowest BCUT2D eigenvalue weighted by molar-refractivity contribution is -0.233. The molecule has 0 heterocycles. The van der Waals surface area contributed by atoms with Gasteiger partial charge in [-0.2, -0.15) is 5.26 Å². The molecule has 1 N–H and O–H groups in total. The Hall–Kier alpha value is -0.620. The van der Waals surface area contributed by atoms with Crippen LogP contribution >= 0.6 is 0 Å². The fourth-order valence-electron chi connectivity index (χ4n) is 1.86. The lowest BCUT2D eigenvalue weighted by Crippen LogP contribution is -2.23. The minimum atomic E-state index is -3.27. The molecule has 0 aliphatic heterocycles. The lowest BCUT2D eigenvalue weighted by Gasteiger charge is -2.12. The van der Waals surface area contributed by atoms with Gasteiger partial charge in [0, 0.05) is 0 Å². The predicted molar refractivity (Wildman–Crippen MR) is 74.6 cm³/mol. The zero-order chi connectivity index (χ0) is 14.7. The first kappa shape index (κ1) is 18.4. The molecular weight excluding hydrogens is 268 g/mol. The van der Waals surface area contributed by atoms with Crippen molar-refractivity contribution in [2.75, 3.05) is 5.75 Å². The third-order valence-electron chi connectivity index (χ3n) is 3.27. The van der Waals surface area contributed by atoms with Crippen LogP contribution in [0.3, 0.4) is 0 Å². The highest BCUT2D eigenvalue weighted by Gasteiger charge is 2.21. The summed E-state index contributed by atoms with van der Waals surface area (Å²) in [6, 6.07) is 0. The summed E-state index contributed by atoms with van der Waals surface area (Å²) in [7, 11) is -3.27. The minimum Gasteiger partial charge on any atom is -0.301 e. The number of sulfone groups is 1. The van der Waals surface area contributed by atoms with Crippen molar-refractivity contribution >= 4 is 15.8 Å². The summed E-state index contributed by atoms with van der Waals surface area (Å²) in [5.74, 6) is -1.17. The van der Waals surface area contributed by atoms with Gasteiger partial charge < -0.3 is 4.89 Å². The Bertz CT molecular complexity index is 337. The molecule has 0 aromatic heterocycles. The van der Waals surface area contributed by atoms with Gasteiger partial charge in [-0.25, -0.2) is 13.2 Å². The molecule has 0 saturated heterocycles. The number of rotatable bonds is 11. The third kappa shape index (κ3) is 8.99. The van der Waals surface area contributed by atoms with Crippen LogP contribution in [0.5, 0.6) is 0 Å². The summed E-state index contributed by atoms with van der Waals surface area (Å²) >= 11 is 0. The summed E-state index contributed by atoms with van der Waals surface area (Å²) in [5, 5.41) is 7.63. The second-order valence-corrected chi connectivity index (χ2v) is 7.49. The monoisotopic (exact) mass is 294 g/mol. The first-order valence-corrected chi connectivity index (χ1v) is 8.71. The Kier molecular flexibility index (Phi) is 9.87. The molecule has 1 atom stereocenters. The van der Waals surface area contributed by atoms with Gasteiger partial charge in [-0.05, 0) is 13.3 Å². The van der Waals surface area contributed by atoms with Crippen molar-refractivity contribution in [1.82, 2.24) is 0 Å². The van der Waals surface area contributed by atoms with Gasteiger partial charge in [0.05, 0.1) is 17.4 Å². The normalized spacial score (nSPS) is 13.2. The van der Waals surface area contributed by atoms with E-state index in [9.17, 15) is 13.2 Å². The van der Waals surface area contributed by atoms with Gasteiger partial charge in [-0.3, -0.25) is 0 Å². The molecule has 5 nitrogen and oxygen atoms in total. The molecule has 1 unspecified atom stereocenters. The van der Waals surface area contributed by atoms with Crippen LogP contribution in [-0.2, 0) is 19.5 Å². The van der Waals surface area contributed by atoms with Crippen molar-refractivity contribution in [1.29, 1.82) is 0 Å². The van der Waals surface area contributed by atoms with Crippen molar-refractivity contribution < 1.29 is 23.4 Å². The standard InChI is InChI=1S/C13H26O5S/c1-3-4-5-6-7-8-9-12(2)19(16,17)11-10-13(14)18-15/h12,15H,3-11H2,1-2H3. The van der Waals surface area contributed by atoms with E-state index < -0.39 is 21.1 Å². The SMILES string of the molecule is CCCCCCCCC(C)S(=O)(=O)CCC(=O)OO. The number of hydrogen-bond acceptors (Lipinski definition) is 5. The lowest BCUT2D eigenvalue weighted by atomic mass is 10.1. The van der Waals surface area contributed by atoms with E-state index in [4.69, 9.17) is 5.26 Å². The number of carbonyl (C=O) groups excluding carboxylic acids is 1. The van der Waals surface area contributed by atoms with Crippen LogP contribution in [0.25, 0.3) is 0 Å². The van der Waals surface area contributed by atoms with E-state index in [-0.39, 0.29) is 12.2 Å². The van der Waals surface area contributed by atoms with Gasteiger partial charge in [0.15, 0.2) is 9.84 Å². The van der Waals surface area contributed by atoms with E-state index in [1.54, 1.807) is 6.92 Å². The third-order valence-corrected chi connectivity index (χ3v) is 5.50. The van der Waals surface area contributed by atoms with E-state index in [1.165, 1.54) is 19.3 Å². The highest BCUT2D eigenvalue weighted by Crippen LogP contribution is 2.14. The van der Waals surface area contributed by atoms with Gasteiger partial charge >= 0.3 is 5.97 Å². The van der Waals surface area contributed by atoms with E-state index >= 15 is 0 Å². The molecule has 0 fully saturated rings. The van der Waals surface area contributed by atoms with E-state index in [0.29, 0.717) is 6.42 Å². The van der Waals surface area contributed by atoms with Gasteiger partial charge in [0.25, 0.3) is 0 Å². The Morgan fingerprint density at radius 1 is 1.16 bits per heavy atom. The molecule has 0 aromatic rings. The molecule has 6 heteroatoms. The van der Waals surface area contributed by atoms with Crippen molar-refractivity contribution in [3.05, 3.63) is 0 Å². The second kappa shape index (κ2) is 10.2. The fraction of sp³-hybridized carbons (Fsp3) is 0.923. The highest BCUT2D eigenvalue weighted by molar-refractivity contribution is 7.92. The first-order chi connectivity index (χ1) is 8.94. The maximum Gasteiger partial charge on any atom is 0.343 e. The maximum atomic E-state index is 11.8. The topological polar surface area (TPSA) is 80.7 Å². The van der Waals surface area contributed by atoms with Crippen molar-refractivity contribution in [3.63, 3.8) is 0 Å². The molecule has 19 heavy (non-hydrogen) atoms. The van der Waals surface area contributed by atoms with Crippen LogP contribution in [0.1, 0.15) is 65.2 Å². The van der Waals surface area contributed by atoms with Crippen LogP contribution in [0.4, 0.5) is 0 Å². The molecule has 0 spiro atoms. The van der Waals surface area contributed by atoms with Crippen molar-refractivity contribution in [2.45, 2.75) is 70.5 Å². The highest BCUT2D eigenvalue weighted by atomic mass is 32.2. The van der Waals surface area contributed by atoms with Crippen molar-refractivity contribution in [3.8, 4) is 0 Å². The second-order valence-electron chi connectivity index (χ2n) is 4.95. The van der Waals surface area contributed by atoms with Crippen LogP contribution in [0, 0.1) is 0 Å². The molecule has 0 bridgehead atoms. The Balaban J connectivity index is 3.85. The minimum absolute atomic E-state index is 0.261. The van der Waals surface area contributed by atoms with E-state index in [2.05, 4.69) is 11.8 Å². The average Bonchev–Trinajstić information content (AvgIpc) is 2.39. The quantitative estimate of drug-likeness (QED) is 0.360. The zero-order valence-corrected chi connectivity index (χ0v) is 12.7. The Labute approximate surface area is 116 Å². The van der Waals surface area contributed by atoms with Crippen LogP contribution in [-0.4, -0.2) is 30.6 Å². The summed E-state index contributed by atoms with van der Waals surface area (Å²) in [5.41, 5.74) is 0. The average molecular weight is 294 g/mol. The maximum absolute atomic E-state index is 11.8. The largest absolute Gasteiger partial charge is 0.343 e. The molecule has 114 valence electrons. The van der Waals surface area contributed by atoms with Crippen LogP contribution in [0.2, 0.25) is 0 Å². The smallest absolute Gasteiger partial charge is 0.301 e. The van der Waals surface area contributed by atoms with Crippen LogP contribution in [0.15, 0.2) is 0 Å². The fourth-order valence-corrected chi connectivity index (χ4v) is 3.24. The van der Waals surface area contributed by atoms with Gasteiger partial charge in [-0.1, -0.05) is 45.4 Å². The molecule has 0 rings (SSSR count). The van der Waals surface area contributed by atoms with E-state index in [1.807, 2.05) is 0 Å².